The number of thioether (sulfide) groups is 1. The predicted molar refractivity (Wildman–Crippen MR) is 120 cm³/mol. The average Bonchev–Trinajstić information content (AvgIpc) is 2.70. The van der Waals surface area contributed by atoms with E-state index in [0.717, 1.165) is 40.7 Å². The number of carbonyl (C=O) groups is 1. The molecule has 0 radical (unpaired) electrons. The monoisotopic (exact) mass is 411 g/mol. The highest BCUT2D eigenvalue weighted by Crippen LogP contribution is 2.32. The number of hydrogen-bond acceptors (Lipinski definition) is 4. The predicted octanol–water partition coefficient (Wildman–Crippen LogP) is 4.13. The molecular formula is C23H26FN3OS. The van der Waals surface area contributed by atoms with E-state index in [0.29, 0.717) is 18.6 Å². The molecule has 2 heterocycles. The van der Waals surface area contributed by atoms with Crippen LogP contribution in [0.25, 0.3) is 6.08 Å². The lowest BCUT2D eigenvalue weighted by atomic mass is 10.1. The number of carbonyl (C=O) groups excluding carboxylic acids is 1. The Balaban J connectivity index is 1.62. The van der Waals surface area contributed by atoms with Crippen molar-refractivity contribution >= 4 is 35.1 Å². The molecule has 2 unspecified atom stereocenters. The second-order valence-corrected chi connectivity index (χ2v) is 8.86. The van der Waals surface area contributed by atoms with Gasteiger partial charge in [0.15, 0.2) is 0 Å². The Kier molecular flexibility index (Phi) is 5.92. The molecular weight excluding hydrogens is 385 g/mol. The number of halogens is 1. The topological polar surface area (TPSA) is 35.6 Å². The summed E-state index contributed by atoms with van der Waals surface area (Å²) in [6.45, 7) is 6.90. The van der Waals surface area contributed by atoms with Crippen molar-refractivity contribution in [1.29, 1.82) is 0 Å². The van der Waals surface area contributed by atoms with Crippen LogP contribution in [-0.2, 0) is 4.79 Å². The standard InChI is InChI=1S/C23H26FN3OS/c1-16-14-26(15-17(2)25-16)21-6-4-3-5-18(21)13-22-23(28)27(11-12-29-22)20-9-7-19(24)8-10-20/h3-10,13,16-17,25H,11-12,14-15H2,1-2H3. The van der Waals surface area contributed by atoms with Gasteiger partial charge in [-0.2, -0.15) is 0 Å². The van der Waals surface area contributed by atoms with Crippen LogP contribution in [0.3, 0.4) is 0 Å². The summed E-state index contributed by atoms with van der Waals surface area (Å²) in [4.78, 5) is 18.0. The summed E-state index contributed by atoms with van der Waals surface area (Å²) in [5, 5.41) is 3.57. The van der Waals surface area contributed by atoms with Crippen molar-refractivity contribution in [3.05, 3.63) is 64.8 Å². The van der Waals surface area contributed by atoms with Gasteiger partial charge in [0.25, 0.3) is 5.91 Å². The van der Waals surface area contributed by atoms with E-state index in [1.165, 1.54) is 12.1 Å². The number of benzene rings is 2. The van der Waals surface area contributed by atoms with Gasteiger partial charge in [-0.1, -0.05) is 18.2 Å². The molecule has 1 amide bonds. The second kappa shape index (κ2) is 8.59. The smallest absolute Gasteiger partial charge is 0.264 e. The first-order valence-corrected chi connectivity index (χ1v) is 11.0. The zero-order valence-electron chi connectivity index (χ0n) is 16.8. The van der Waals surface area contributed by atoms with Gasteiger partial charge in [0, 0.05) is 48.8 Å². The highest BCUT2D eigenvalue weighted by atomic mass is 32.2. The van der Waals surface area contributed by atoms with Gasteiger partial charge in [0.05, 0.1) is 4.91 Å². The Morgan fingerprint density at radius 1 is 1.07 bits per heavy atom. The van der Waals surface area contributed by atoms with Crippen LogP contribution < -0.4 is 15.1 Å². The van der Waals surface area contributed by atoms with Crippen LogP contribution in [0.2, 0.25) is 0 Å². The molecule has 0 saturated carbocycles. The summed E-state index contributed by atoms with van der Waals surface area (Å²) in [6, 6.07) is 15.2. The van der Waals surface area contributed by atoms with Crippen LogP contribution in [0.1, 0.15) is 19.4 Å². The summed E-state index contributed by atoms with van der Waals surface area (Å²) in [5.41, 5.74) is 2.96. The maximum absolute atomic E-state index is 13.3. The zero-order chi connectivity index (χ0) is 20.4. The highest BCUT2D eigenvalue weighted by Gasteiger charge is 2.27. The van der Waals surface area contributed by atoms with Gasteiger partial charge >= 0.3 is 0 Å². The number of nitrogens with one attached hydrogen (secondary N) is 1. The number of hydrogen-bond donors (Lipinski definition) is 1. The van der Waals surface area contributed by atoms with Crippen LogP contribution in [0, 0.1) is 5.82 Å². The van der Waals surface area contributed by atoms with E-state index in [1.807, 2.05) is 12.1 Å². The molecule has 152 valence electrons. The second-order valence-electron chi connectivity index (χ2n) is 7.72. The average molecular weight is 412 g/mol. The van der Waals surface area contributed by atoms with Crippen LogP contribution in [0.5, 0.6) is 0 Å². The minimum atomic E-state index is -0.295. The molecule has 2 aliphatic rings. The molecule has 2 aliphatic heterocycles. The van der Waals surface area contributed by atoms with E-state index < -0.39 is 0 Å². The summed E-state index contributed by atoms with van der Waals surface area (Å²) in [5.74, 6) is 0.500. The summed E-state index contributed by atoms with van der Waals surface area (Å²) < 4.78 is 13.3. The van der Waals surface area contributed by atoms with Gasteiger partial charge in [-0.25, -0.2) is 4.39 Å². The third-order valence-electron chi connectivity index (χ3n) is 5.29. The molecule has 1 N–H and O–H groups in total. The zero-order valence-corrected chi connectivity index (χ0v) is 17.6. The number of nitrogens with zero attached hydrogens (tertiary/aromatic N) is 2. The highest BCUT2D eigenvalue weighted by molar-refractivity contribution is 8.04. The molecule has 2 fully saturated rings. The number of piperazine rings is 1. The van der Waals surface area contributed by atoms with E-state index in [1.54, 1.807) is 28.8 Å². The van der Waals surface area contributed by atoms with Crippen molar-refractivity contribution in [2.24, 2.45) is 0 Å². The summed E-state index contributed by atoms with van der Waals surface area (Å²) in [6.07, 6.45) is 2.01. The van der Waals surface area contributed by atoms with Crippen LogP contribution in [-0.4, -0.2) is 43.4 Å². The largest absolute Gasteiger partial charge is 0.368 e. The molecule has 0 bridgehead atoms. The fourth-order valence-corrected chi connectivity index (χ4v) is 5.01. The third kappa shape index (κ3) is 4.49. The molecule has 6 heteroatoms. The molecule has 2 aromatic rings. The van der Waals surface area contributed by atoms with Gasteiger partial charge in [-0.3, -0.25) is 4.79 Å². The van der Waals surface area contributed by atoms with Crippen LogP contribution in [0.15, 0.2) is 53.4 Å². The van der Waals surface area contributed by atoms with Gasteiger partial charge in [-0.15, -0.1) is 11.8 Å². The Bertz CT molecular complexity index is 905. The van der Waals surface area contributed by atoms with Crippen molar-refractivity contribution in [2.75, 3.05) is 35.2 Å². The molecule has 0 aliphatic carbocycles. The molecule has 4 rings (SSSR count). The van der Waals surface area contributed by atoms with Gasteiger partial charge in [0.2, 0.25) is 0 Å². The first kappa shape index (κ1) is 20.0. The Hall–Kier alpha value is -2.31. The van der Waals surface area contributed by atoms with Gasteiger partial charge in [-0.05, 0) is 55.8 Å². The van der Waals surface area contributed by atoms with Crippen molar-refractivity contribution in [2.45, 2.75) is 25.9 Å². The molecule has 0 spiro atoms. The van der Waals surface area contributed by atoms with E-state index in [4.69, 9.17) is 0 Å². The molecule has 2 atom stereocenters. The number of para-hydroxylation sites is 1. The van der Waals surface area contributed by atoms with Crippen LogP contribution >= 0.6 is 11.8 Å². The van der Waals surface area contributed by atoms with E-state index >= 15 is 0 Å². The normalized spacial score (nSPS) is 24.2. The lowest BCUT2D eigenvalue weighted by Gasteiger charge is -2.38. The Morgan fingerprint density at radius 2 is 1.76 bits per heavy atom. The first-order valence-electron chi connectivity index (χ1n) is 10.0. The molecule has 0 aromatic heterocycles. The van der Waals surface area contributed by atoms with E-state index in [9.17, 15) is 9.18 Å². The molecule has 2 saturated heterocycles. The maximum atomic E-state index is 13.3. The molecule has 4 nitrogen and oxygen atoms in total. The fraction of sp³-hybridized carbons (Fsp3) is 0.348. The first-order chi connectivity index (χ1) is 14.0. The molecule has 2 aromatic carbocycles. The number of amides is 1. The van der Waals surface area contributed by atoms with Gasteiger partial charge in [0.1, 0.15) is 5.82 Å². The van der Waals surface area contributed by atoms with Gasteiger partial charge < -0.3 is 15.1 Å². The lowest BCUT2D eigenvalue weighted by Crippen LogP contribution is -2.54. The maximum Gasteiger partial charge on any atom is 0.264 e. The lowest BCUT2D eigenvalue weighted by molar-refractivity contribution is -0.114. The van der Waals surface area contributed by atoms with Crippen molar-refractivity contribution in [3.8, 4) is 0 Å². The Labute approximate surface area is 175 Å². The summed E-state index contributed by atoms with van der Waals surface area (Å²) in [7, 11) is 0. The molecule has 29 heavy (non-hydrogen) atoms. The number of rotatable bonds is 3. The SMILES string of the molecule is CC1CN(c2ccccc2C=C2SCCN(c3ccc(F)cc3)C2=O)CC(C)N1. The minimum absolute atomic E-state index is 0.0234. The minimum Gasteiger partial charge on any atom is -0.368 e. The van der Waals surface area contributed by atoms with Crippen molar-refractivity contribution in [3.63, 3.8) is 0 Å². The number of anilines is 2. The summed E-state index contributed by atoms with van der Waals surface area (Å²) >= 11 is 1.59. The van der Waals surface area contributed by atoms with Crippen molar-refractivity contribution in [1.82, 2.24) is 5.32 Å². The van der Waals surface area contributed by atoms with E-state index in [-0.39, 0.29) is 11.7 Å². The fourth-order valence-electron chi connectivity index (χ4n) is 4.08. The van der Waals surface area contributed by atoms with Crippen molar-refractivity contribution < 1.29 is 9.18 Å². The van der Waals surface area contributed by atoms with E-state index in [2.05, 4.69) is 42.3 Å². The Morgan fingerprint density at radius 3 is 2.48 bits per heavy atom. The quantitative estimate of drug-likeness (QED) is 0.771. The van der Waals surface area contributed by atoms with Crippen LogP contribution in [0.4, 0.5) is 15.8 Å². The third-order valence-corrected chi connectivity index (χ3v) is 6.28.